The third kappa shape index (κ3) is 2.34. The van der Waals surface area contributed by atoms with Crippen LogP contribution in [0.3, 0.4) is 0 Å². The van der Waals surface area contributed by atoms with Gasteiger partial charge in [0.05, 0.1) is 5.69 Å². The molecule has 1 heterocycles. The minimum Gasteiger partial charge on any atom is -0.351 e. The van der Waals surface area contributed by atoms with E-state index in [1.165, 1.54) is 0 Å². The van der Waals surface area contributed by atoms with Crippen LogP contribution in [0.1, 0.15) is 16.2 Å². The number of hydrogen-bond donors (Lipinski definition) is 1. The smallest absolute Gasteiger partial charge is 0.289 e. The van der Waals surface area contributed by atoms with Crippen molar-refractivity contribution in [3.8, 4) is 0 Å². The Morgan fingerprint density at radius 3 is 3.08 bits per heavy atom. The van der Waals surface area contributed by atoms with Gasteiger partial charge in [-0.3, -0.25) is 4.79 Å². The summed E-state index contributed by atoms with van der Waals surface area (Å²) < 4.78 is 4.75. The van der Waals surface area contributed by atoms with Crippen LogP contribution in [0.4, 0.5) is 0 Å². The van der Waals surface area contributed by atoms with Crippen LogP contribution < -0.4 is 5.32 Å². The van der Waals surface area contributed by atoms with E-state index in [1.54, 1.807) is 13.0 Å². The summed E-state index contributed by atoms with van der Waals surface area (Å²) in [5, 5.41) is 6.97. The predicted octanol–water partition coefficient (Wildman–Crippen LogP) is 1.11. The molecule has 4 nitrogen and oxygen atoms in total. The van der Waals surface area contributed by atoms with Gasteiger partial charge in [0.25, 0.3) is 5.91 Å². The lowest BCUT2D eigenvalue weighted by atomic mass is 10.4. The van der Waals surface area contributed by atoms with Crippen LogP contribution in [-0.2, 0) is 0 Å². The topological polar surface area (TPSA) is 55.1 Å². The first-order chi connectivity index (χ1) is 5.74. The number of aromatic nitrogens is 1. The van der Waals surface area contributed by atoms with Gasteiger partial charge < -0.3 is 9.84 Å². The number of alkyl halides is 1. The molecule has 1 N–H and O–H groups in total. The van der Waals surface area contributed by atoms with Crippen LogP contribution in [0.2, 0.25) is 0 Å². The lowest BCUT2D eigenvalue weighted by molar-refractivity contribution is 0.0919. The van der Waals surface area contributed by atoms with Gasteiger partial charge in [0.1, 0.15) is 0 Å². The molecular formula is C7H9BrN2O2. The molecule has 12 heavy (non-hydrogen) atoms. The maximum absolute atomic E-state index is 11.2. The summed E-state index contributed by atoms with van der Waals surface area (Å²) in [5.41, 5.74) is 0.707. The van der Waals surface area contributed by atoms with Crippen molar-refractivity contribution in [1.82, 2.24) is 10.5 Å². The highest BCUT2D eigenvalue weighted by Crippen LogP contribution is 2.00. The molecule has 0 fully saturated rings. The zero-order chi connectivity index (χ0) is 8.97. The van der Waals surface area contributed by atoms with Crippen LogP contribution in [0, 0.1) is 6.92 Å². The molecule has 1 amide bonds. The van der Waals surface area contributed by atoms with Crippen molar-refractivity contribution in [2.75, 3.05) is 11.9 Å². The lowest BCUT2D eigenvalue weighted by Gasteiger charge is -1.96. The molecule has 66 valence electrons. The second-order valence-electron chi connectivity index (χ2n) is 2.28. The summed E-state index contributed by atoms with van der Waals surface area (Å²) in [6, 6.07) is 1.60. The monoisotopic (exact) mass is 232 g/mol. The Morgan fingerprint density at radius 2 is 2.58 bits per heavy atom. The Labute approximate surface area is 78.4 Å². The van der Waals surface area contributed by atoms with E-state index < -0.39 is 0 Å². The first kappa shape index (κ1) is 9.25. The lowest BCUT2D eigenvalue weighted by Crippen LogP contribution is -2.24. The Hall–Kier alpha value is -0.840. The van der Waals surface area contributed by atoms with E-state index in [0.29, 0.717) is 12.2 Å². The molecule has 0 spiro atoms. The molecule has 0 radical (unpaired) electrons. The summed E-state index contributed by atoms with van der Waals surface area (Å²) in [7, 11) is 0. The predicted molar refractivity (Wildman–Crippen MR) is 47.4 cm³/mol. The number of nitrogens with zero attached hydrogens (tertiary/aromatic N) is 1. The number of carbonyl (C=O) groups excluding carboxylic acids is 1. The maximum atomic E-state index is 11.2. The largest absolute Gasteiger partial charge is 0.351 e. The normalized spacial score (nSPS) is 9.83. The minimum absolute atomic E-state index is 0.227. The number of carbonyl (C=O) groups is 1. The fourth-order valence-electron chi connectivity index (χ4n) is 0.718. The molecule has 0 aliphatic rings. The van der Waals surface area contributed by atoms with Crippen molar-refractivity contribution in [1.29, 1.82) is 0 Å². The first-order valence-corrected chi connectivity index (χ1v) is 4.63. The number of amides is 1. The molecule has 1 aromatic rings. The van der Waals surface area contributed by atoms with Crippen LogP contribution in [0.5, 0.6) is 0 Å². The number of nitrogens with one attached hydrogen (secondary N) is 1. The third-order valence-corrected chi connectivity index (χ3v) is 1.63. The van der Waals surface area contributed by atoms with Gasteiger partial charge in [-0.2, -0.15) is 0 Å². The molecule has 0 aromatic carbocycles. The molecule has 0 atom stereocenters. The fourth-order valence-corrected chi connectivity index (χ4v) is 0.917. The summed E-state index contributed by atoms with van der Waals surface area (Å²) in [5.74, 6) is 0.0310. The Balaban J connectivity index is 2.53. The molecule has 5 heteroatoms. The van der Waals surface area contributed by atoms with Crippen LogP contribution >= 0.6 is 15.9 Å². The molecule has 0 unspecified atom stereocenters. The van der Waals surface area contributed by atoms with E-state index in [1.807, 2.05) is 0 Å². The molecule has 0 bridgehead atoms. The maximum Gasteiger partial charge on any atom is 0.289 e. The Morgan fingerprint density at radius 1 is 1.83 bits per heavy atom. The highest BCUT2D eigenvalue weighted by atomic mass is 79.9. The van der Waals surface area contributed by atoms with E-state index in [4.69, 9.17) is 4.52 Å². The van der Waals surface area contributed by atoms with Gasteiger partial charge in [0.2, 0.25) is 5.76 Å². The minimum atomic E-state index is -0.227. The molecule has 0 saturated carbocycles. The SMILES string of the molecule is Cc1cc(C(=O)NCCBr)on1. The highest BCUT2D eigenvalue weighted by Gasteiger charge is 2.09. The van der Waals surface area contributed by atoms with E-state index in [2.05, 4.69) is 26.4 Å². The second kappa shape index (κ2) is 4.25. The fraction of sp³-hybridized carbons (Fsp3) is 0.429. The standard InChI is InChI=1S/C7H9BrN2O2/c1-5-4-6(12-10-5)7(11)9-3-2-8/h4H,2-3H2,1H3,(H,9,11). The molecule has 1 aromatic heterocycles. The first-order valence-electron chi connectivity index (χ1n) is 3.51. The summed E-state index contributed by atoms with van der Waals surface area (Å²) in [6.45, 7) is 2.35. The van der Waals surface area contributed by atoms with Crippen molar-refractivity contribution < 1.29 is 9.32 Å². The van der Waals surface area contributed by atoms with Crippen molar-refractivity contribution >= 4 is 21.8 Å². The third-order valence-electron chi connectivity index (χ3n) is 1.23. The zero-order valence-electron chi connectivity index (χ0n) is 6.63. The van der Waals surface area contributed by atoms with Crippen molar-refractivity contribution in [2.45, 2.75) is 6.92 Å². The van der Waals surface area contributed by atoms with Crippen LogP contribution in [0.15, 0.2) is 10.6 Å². The van der Waals surface area contributed by atoms with Crippen LogP contribution in [0.25, 0.3) is 0 Å². The van der Waals surface area contributed by atoms with Crippen LogP contribution in [-0.4, -0.2) is 22.9 Å². The molecule has 0 aliphatic heterocycles. The van der Waals surface area contributed by atoms with Gasteiger partial charge in [-0.05, 0) is 6.92 Å². The van der Waals surface area contributed by atoms with Crippen molar-refractivity contribution in [2.24, 2.45) is 0 Å². The number of halogens is 1. The van der Waals surface area contributed by atoms with Gasteiger partial charge >= 0.3 is 0 Å². The van der Waals surface area contributed by atoms with E-state index in [9.17, 15) is 4.79 Å². The van der Waals surface area contributed by atoms with E-state index in [0.717, 1.165) is 5.33 Å². The number of hydrogen-bond acceptors (Lipinski definition) is 3. The molecular weight excluding hydrogens is 224 g/mol. The van der Waals surface area contributed by atoms with E-state index >= 15 is 0 Å². The quantitative estimate of drug-likeness (QED) is 0.795. The van der Waals surface area contributed by atoms with Crippen molar-refractivity contribution in [3.05, 3.63) is 17.5 Å². The second-order valence-corrected chi connectivity index (χ2v) is 3.07. The van der Waals surface area contributed by atoms with Gasteiger partial charge in [-0.15, -0.1) is 0 Å². The number of aryl methyl sites for hydroxylation is 1. The molecule has 0 saturated heterocycles. The van der Waals surface area contributed by atoms with Gasteiger partial charge in [-0.1, -0.05) is 21.1 Å². The van der Waals surface area contributed by atoms with Gasteiger partial charge in [-0.25, -0.2) is 0 Å². The Bertz CT molecular complexity index is 272. The Kier molecular flexibility index (Phi) is 3.28. The average Bonchev–Trinajstić information content (AvgIpc) is 2.47. The molecule has 0 aliphatic carbocycles. The highest BCUT2D eigenvalue weighted by molar-refractivity contribution is 9.09. The zero-order valence-corrected chi connectivity index (χ0v) is 8.22. The summed E-state index contributed by atoms with van der Waals surface area (Å²) >= 11 is 3.19. The average molecular weight is 233 g/mol. The van der Waals surface area contributed by atoms with Crippen molar-refractivity contribution in [3.63, 3.8) is 0 Å². The molecule has 1 rings (SSSR count). The van der Waals surface area contributed by atoms with Gasteiger partial charge in [0, 0.05) is 17.9 Å². The number of rotatable bonds is 3. The van der Waals surface area contributed by atoms with Gasteiger partial charge in [0.15, 0.2) is 0 Å². The van der Waals surface area contributed by atoms with E-state index in [-0.39, 0.29) is 11.7 Å². The summed E-state index contributed by atoms with van der Waals surface area (Å²) in [6.07, 6.45) is 0. The summed E-state index contributed by atoms with van der Waals surface area (Å²) in [4.78, 5) is 11.2.